The Morgan fingerprint density at radius 3 is 2.96 bits per heavy atom. The summed E-state index contributed by atoms with van der Waals surface area (Å²) in [6, 6.07) is 3.90. The Hall–Kier alpha value is -2.78. The number of nitrogens with one attached hydrogen (secondary N) is 2. The fourth-order valence-corrected chi connectivity index (χ4v) is 3.11. The van der Waals surface area contributed by atoms with E-state index in [0.717, 1.165) is 30.9 Å². The van der Waals surface area contributed by atoms with E-state index in [-0.39, 0.29) is 23.9 Å². The van der Waals surface area contributed by atoms with E-state index < -0.39 is 12.4 Å². The topological polar surface area (TPSA) is 76.4 Å². The van der Waals surface area contributed by atoms with Crippen molar-refractivity contribution in [2.24, 2.45) is 4.99 Å². The summed E-state index contributed by atoms with van der Waals surface area (Å²) in [6.45, 7) is -0.416. The molecule has 0 spiro atoms. The van der Waals surface area contributed by atoms with Gasteiger partial charge in [0.05, 0.1) is 6.54 Å². The Kier molecular flexibility index (Phi) is 6.37. The number of aliphatic imine (C=N–C) groups is 1. The van der Waals surface area contributed by atoms with Crippen LogP contribution in [-0.2, 0) is 25.9 Å². The largest absolute Gasteiger partial charge is 0.434 e. The fraction of sp³-hybridized carbons (Fsp3) is 0.500. The first-order valence-electron chi connectivity index (χ1n) is 9.12. The molecule has 7 nitrogen and oxygen atoms in total. The summed E-state index contributed by atoms with van der Waals surface area (Å²) in [4.78, 5) is 8.62. The van der Waals surface area contributed by atoms with Gasteiger partial charge in [-0.25, -0.2) is 14.1 Å². The minimum Gasteiger partial charge on any atom is -0.434 e. The lowest BCUT2D eigenvalue weighted by atomic mass is 10.1. The van der Waals surface area contributed by atoms with Crippen LogP contribution in [0.3, 0.4) is 0 Å². The standard InChI is InChI=1S/C18H23F3N6O/c1-3-15-25-16-8-7-11(10-27(16)26-15)24-18(22-2)23-9-12-13(19)5-4-6-14(12)28-17(20)21/h4-6,11,17H,3,7-10H2,1-2H3,(H2,22,23,24). The van der Waals surface area contributed by atoms with Gasteiger partial charge in [-0.15, -0.1) is 0 Å². The normalized spacial score (nSPS) is 16.8. The monoisotopic (exact) mass is 396 g/mol. The van der Waals surface area contributed by atoms with Gasteiger partial charge in [0.1, 0.15) is 17.4 Å². The number of aromatic nitrogens is 3. The summed E-state index contributed by atoms with van der Waals surface area (Å²) >= 11 is 0. The van der Waals surface area contributed by atoms with E-state index in [1.165, 1.54) is 18.2 Å². The number of fused-ring (bicyclic) bond motifs is 1. The van der Waals surface area contributed by atoms with Crippen LogP contribution in [0, 0.1) is 5.82 Å². The number of hydrogen-bond donors (Lipinski definition) is 2. The van der Waals surface area contributed by atoms with Crippen LogP contribution >= 0.6 is 0 Å². The molecule has 0 radical (unpaired) electrons. The number of benzene rings is 1. The van der Waals surface area contributed by atoms with Crippen molar-refractivity contribution in [1.29, 1.82) is 0 Å². The average molecular weight is 396 g/mol. The molecule has 2 aromatic rings. The molecule has 28 heavy (non-hydrogen) atoms. The summed E-state index contributed by atoms with van der Waals surface area (Å²) in [5.74, 6) is 1.41. The van der Waals surface area contributed by atoms with Crippen LogP contribution in [-0.4, -0.2) is 40.4 Å². The number of halogens is 3. The summed E-state index contributed by atoms with van der Waals surface area (Å²) in [7, 11) is 1.59. The van der Waals surface area contributed by atoms with E-state index in [2.05, 4.69) is 30.4 Å². The van der Waals surface area contributed by atoms with E-state index in [1.807, 2.05) is 11.6 Å². The predicted octanol–water partition coefficient (Wildman–Crippen LogP) is 2.26. The Balaban J connectivity index is 1.62. The zero-order valence-corrected chi connectivity index (χ0v) is 15.8. The first-order valence-corrected chi connectivity index (χ1v) is 9.12. The third kappa shape index (κ3) is 4.73. The van der Waals surface area contributed by atoms with Gasteiger partial charge < -0.3 is 15.4 Å². The van der Waals surface area contributed by atoms with Crippen molar-refractivity contribution in [2.75, 3.05) is 7.05 Å². The molecule has 0 bridgehead atoms. The number of nitrogens with zero attached hydrogens (tertiary/aromatic N) is 4. The number of alkyl halides is 2. The maximum Gasteiger partial charge on any atom is 0.387 e. The maximum atomic E-state index is 14.1. The highest BCUT2D eigenvalue weighted by Crippen LogP contribution is 2.23. The van der Waals surface area contributed by atoms with Gasteiger partial charge in [0.25, 0.3) is 0 Å². The molecule has 2 N–H and O–H groups in total. The van der Waals surface area contributed by atoms with Crippen molar-refractivity contribution >= 4 is 5.96 Å². The van der Waals surface area contributed by atoms with Gasteiger partial charge in [-0.1, -0.05) is 13.0 Å². The Bertz CT molecular complexity index is 839. The van der Waals surface area contributed by atoms with E-state index in [0.29, 0.717) is 12.5 Å². The maximum absolute atomic E-state index is 14.1. The van der Waals surface area contributed by atoms with Gasteiger partial charge in [-0.3, -0.25) is 4.99 Å². The summed E-state index contributed by atoms with van der Waals surface area (Å²) in [5, 5.41) is 10.7. The molecular formula is C18H23F3N6O. The number of ether oxygens (including phenoxy) is 1. The second kappa shape index (κ2) is 8.94. The smallest absolute Gasteiger partial charge is 0.387 e. The highest BCUT2D eigenvalue weighted by molar-refractivity contribution is 5.80. The van der Waals surface area contributed by atoms with E-state index >= 15 is 0 Å². The van der Waals surface area contributed by atoms with Crippen LogP contribution in [0.5, 0.6) is 5.75 Å². The fourth-order valence-electron chi connectivity index (χ4n) is 3.11. The molecule has 0 saturated heterocycles. The molecule has 10 heteroatoms. The average Bonchev–Trinajstić information content (AvgIpc) is 3.08. The highest BCUT2D eigenvalue weighted by Gasteiger charge is 2.22. The molecular weight excluding hydrogens is 373 g/mol. The Morgan fingerprint density at radius 1 is 1.43 bits per heavy atom. The third-order valence-electron chi connectivity index (χ3n) is 4.51. The second-order valence-corrected chi connectivity index (χ2v) is 6.38. The summed E-state index contributed by atoms with van der Waals surface area (Å²) < 4.78 is 45.4. The van der Waals surface area contributed by atoms with Crippen molar-refractivity contribution in [2.45, 2.75) is 51.9 Å². The molecule has 0 saturated carbocycles. The highest BCUT2D eigenvalue weighted by atomic mass is 19.3. The molecule has 0 amide bonds. The predicted molar refractivity (Wildman–Crippen MR) is 97.9 cm³/mol. The minimum atomic E-state index is -3.02. The van der Waals surface area contributed by atoms with Crippen LogP contribution in [0.1, 0.15) is 30.6 Å². The molecule has 0 aliphatic carbocycles. The van der Waals surface area contributed by atoms with Crippen molar-refractivity contribution in [3.8, 4) is 5.75 Å². The van der Waals surface area contributed by atoms with Crippen molar-refractivity contribution in [3.63, 3.8) is 0 Å². The van der Waals surface area contributed by atoms with Gasteiger partial charge in [-0.2, -0.15) is 13.9 Å². The lowest BCUT2D eigenvalue weighted by Crippen LogP contribution is -2.46. The van der Waals surface area contributed by atoms with Gasteiger partial charge in [0.15, 0.2) is 11.8 Å². The number of hydrogen-bond acceptors (Lipinski definition) is 4. The molecule has 1 aromatic heterocycles. The zero-order valence-electron chi connectivity index (χ0n) is 15.8. The SMILES string of the molecule is CCc1nc2n(n1)CC(NC(=NC)NCc1c(F)cccc1OC(F)F)CC2. The van der Waals surface area contributed by atoms with Crippen LogP contribution in [0.15, 0.2) is 23.2 Å². The van der Waals surface area contributed by atoms with E-state index in [1.54, 1.807) is 7.05 Å². The van der Waals surface area contributed by atoms with Crippen LogP contribution in [0.25, 0.3) is 0 Å². The molecule has 1 aliphatic heterocycles. The van der Waals surface area contributed by atoms with Gasteiger partial charge in [0.2, 0.25) is 0 Å². The quantitative estimate of drug-likeness (QED) is 0.579. The van der Waals surface area contributed by atoms with Crippen LogP contribution in [0.4, 0.5) is 13.2 Å². The molecule has 1 atom stereocenters. The van der Waals surface area contributed by atoms with Crippen molar-refractivity contribution in [1.82, 2.24) is 25.4 Å². The zero-order chi connectivity index (χ0) is 20.1. The number of guanidine groups is 1. The van der Waals surface area contributed by atoms with E-state index in [9.17, 15) is 13.2 Å². The molecule has 3 rings (SSSR count). The molecule has 1 aliphatic rings. The van der Waals surface area contributed by atoms with Gasteiger partial charge in [0, 0.05) is 38.0 Å². The Morgan fingerprint density at radius 2 is 2.25 bits per heavy atom. The van der Waals surface area contributed by atoms with Gasteiger partial charge in [-0.05, 0) is 18.6 Å². The molecule has 0 fully saturated rings. The summed E-state index contributed by atoms with van der Waals surface area (Å²) in [5.41, 5.74) is 0.0144. The van der Waals surface area contributed by atoms with Gasteiger partial charge >= 0.3 is 6.61 Å². The van der Waals surface area contributed by atoms with Crippen molar-refractivity contribution < 1.29 is 17.9 Å². The molecule has 2 heterocycles. The lowest BCUT2D eigenvalue weighted by Gasteiger charge is -2.25. The lowest BCUT2D eigenvalue weighted by molar-refractivity contribution is -0.0506. The number of aryl methyl sites for hydroxylation is 2. The van der Waals surface area contributed by atoms with Crippen LogP contribution < -0.4 is 15.4 Å². The van der Waals surface area contributed by atoms with Crippen LogP contribution in [0.2, 0.25) is 0 Å². The Labute approximate surface area is 161 Å². The minimum absolute atomic E-state index is 0.0144. The first-order chi connectivity index (χ1) is 13.5. The first kappa shape index (κ1) is 20.0. The molecule has 152 valence electrons. The van der Waals surface area contributed by atoms with Crippen molar-refractivity contribution in [3.05, 3.63) is 41.2 Å². The molecule has 1 aromatic carbocycles. The van der Waals surface area contributed by atoms with E-state index in [4.69, 9.17) is 0 Å². The molecule has 1 unspecified atom stereocenters. The number of rotatable bonds is 6. The second-order valence-electron chi connectivity index (χ2n) is 6.38. The third-order valence-corrected chi connectivity index (χ3v) is 4.51. The summed E-state index contributed by atoms with van der Waals surface area (Å²) in [6.07, 6.45) is 2.43.